The number of H-pyrrole nitrogens is 1. The highest BCUT2D eigenvalue weighted by molar-refractivity contribution is 6.31. The predicted octanol–water partition coefficient (Wildman–Crippen LogP) is 4.46. The second-order valence-electron chi connectivity index (χ2n) is 7.35. The Morgan fingerprint density at radius 2 is 2.04 bits per heavy atom. The highest BCUT2D eigenvalue weighted by Crippen LogP contribution is 2.21. The van der Waals surface area contributed by atoms with Gasteiger partial charge in [0.15, 0.2) is 0 Å². The SMILES string of the molecule is O=C(NCC1CCCN(Cc2ccccc2)C1)c1cc2ccc(Cl)cc2[nH]1. The molecule has 1 amide bonds. The van der Waals surface area contributed by atoms with Gasteiger partial charge in [0.05, 0.1) is 0 Å². The molecule has 1 fully saturated rings. The van der Waals surface area contributed by atoms with E-state index in [2.05, 4.69) is 45.5 Å². The number of rotatable bonds is 5. The zero-order valence-corrected chi connectivity index (χ0v) is 16.0. The normalized spacial score (nSPS) is 17.9. The van der Waals surface area contributed by atoms with E-state index < -0.39 is 0 Å². The molecule has 27 heavy (non-hydrogen) atoms. The summed E-state index contributed by atoms with van der Waals surface area (Å²) in [4.78, 5) is 18.2. The van der Waals surface area contributed by atoms with Crippen LogP contribution in [0.5, 0.6) is 0 Å². The van der Waals surface area contributed by atoms with Crippen LogP contribution in [0.1, 0.15) is 28.9 Å². The lowest BCUT2D eigenvalue weighted by atomic mass is 9.97. The molecule has 0 spiro atoms. The molecule has 0 aliphatic carbocycles. The van der Waals surface area contributed by atoms with Crippen LogP contribution >= 0.6 is 11.6 Å². The van der Waals surface area contributed by atoms with E-state index in [1.807, 2.05) is 24.3 Å². The Labute approximate surface area is 164 Å². The van der Waals surface area contributed by atoms with Gasteiger partial charge >= 0.3 is 0 Å². The molecular weight excluding hydrogens is 358 g/mol. The number of carbonyl (C=O) groups excluding carboxylic acids is 1. The number of nitrogens with zero attached hydrogens (tertiary/aromatic N) is 1. The van der Waals surface area contributed by atoms with Gasteiger partial charge in [0, 0.05) is 35.6 Å². The van der Waals surface area contributed by atoms with Gasteiger partial charge < -0.3 is 10.3 Å². The number of hydrogen-bond acceptors (Lipinski definition) is 2. The number of hydrogen-bond donors (Lipinski definition) is 2. The van der Waals surface area contributed by atoms with Crippen LogP contribution in [0.15, 0.2) is 54.6 Å². The average Bonchev–Trinajstić information content (AvgIpc) is 3.10. The molecule has 5 heteroatoms. The third kappa shape index (κ3) is 4.52. The van der Waals surface area contributed by atoms with E-state index in [0.717, 1.165) is 37.0 Å². The first kappa shape index (κ1) is 18.1. The molecule has 1 aliphatic heterocycles. The Kier molecular flexibility index (Phi) is 5.46. The largest absolute Gasteiger partial charge is 0.350 e. The van der Waals surface area contributed by atoms with Crippen molar-refractivity contribution in [2.45, 2.75) is 19.4 Å². The van der Waals surface area contributed by atoms with Crippen molar-refractivity contribution in [2.24, 2.45) is 5.92 Å². The zero-order chi connectivity index (χ0) is 18.6. The Bertz CT molecular complexity index is 922. The summed E-state index contributed by atoms with van der Waals surface area (Å²) in [5.74, 6) is 0.438. The van der Waals surface area contributed by atoms with E-state index in [-0.39, 0.29) is 5.91 Å². The first-order valence-corrected chi connectivity index (χ1v) is 9.88. The third-order valence-electron chi connectivity index (χ3n) is 5.23. The quantitative estimate of drug-likeness (QED) is 0.685. The number of aromatic nitrogens is 1. The number of nitrogens with one attached hydrogen (secondary N) is 2. The van der Waals surface area contributed by atoms with Crippen molar-refractivity contribution in [3.05, 3.63) is 70.9 Å². The van der Waals surface area contributed by atoms with Crippen LogP contribution in [0.3, 0.4) is 0 Å². The molecule has 1 aromatic heterocycles. The number of benzene rings is 2. The fourth-order valence-electron chi connectivity index (χ4n) is 3.86. The fraction of sp³-hybridized carbons (Fsp3) is 0.318. The predicted molar refractivity (Wildman–Crippen MR) is 110 cm³/mol. The summed E-state index contributed by atoms with van der Waals surface area (Å²) < 4.78 is 0. The molecule has 3 aromatic rings. The number of carbonyl (C=O) groups is 1. The van der Waals surface area contributed by atoms with Crippen molar-refractivity contribution in [3.63, 3.8) is 0 Å². The standard InChI is InChI=1S/C22H24ClN3O/c23-19-9-8-18-11-21(25-20(18)12-19)22(27)24-13-17-7-4-10-26(15-17)14-16-5-2-1-3-6-16/h1-3,5-6,8-9,11-12,17,25H,4,7,10,13-15H2,(H,24,27). The first-order valence-electron chi connectivity index (χ1n) is 9.50. The number of likely N-dealkylation sites (tertiary alicyclic amines) is 1. The van der Waals surface area contributed by atoms with Crippen molar-refractivity contribution in [2.75, 3.05) is 19.6 Å². The van der Waals surface area contributed by atoms with Crippen molar-refractivity contribution < 1.29 is 4.79 Å². The number of amides is 1. The van der Waals surface area contributed by atoms with Gasteiger partial charge in [-0.2, -0.15) is 0 Å². The third-order valence-corrected chi connectivity index (χ3v) is 5.47. The monoisotopic (exact) mass is 381 g/mol. The van der Waals surface area contributed by atoms with Gasteiger partial charge in [-0.3, -0.25) is 9.69 Å². The van der Waals surface area contributed by atoms with Crippen LogP contribution in [0, 0.1) is 5.92 Å². The lowest BCUT2D eigenvalue weighted by Crippen LogP contribution is -2.40. The Balaban J connectivity index is 1.32. The van der Waals surface area contributed by atoms with Crippen LogP contribution < -0.4 is 5.32 Å². The van der Waals surface area contributed by atoms with Gasteiger partial charge in [-0.1, -0.05) is 48.0 Å². The molecule has 2 heterocycles. The summed E-state index contributed by atoms with van der Waals surface area (Å²) in [6.07, 6.45) is 2.34. The van der Waals surface area contributed by atoms with Gasteiger partial charge in [-0.25, -0.2) is 0 Å². The second-order valence-corrected chi connectivity index (χ2v) is 7.79. The maximum absolute atomic E-state index is 12.5. The summed E-state index contributed by atoms with van der Waals surface area (Å²) in [5.41, 5.74) is 2.82. The summed E-state index contributed by atoms with van der Waals surface area (Å²) in [7, 11) is 0. The fourth-order valence-corrected chi connectivity index (χ4v) is 4.03. The van der Waals surface area contributed by atoms with Crippen LogP contribution in [0.2, 0.25) is 5.02 Å². The molecule has 140 valence electrons. The lowest BCUT2D eigenvalue weighted by Gasteiger charge is -2.32. The van der Waals surface area contributed by atoms with Crippen LogP contribution in [0.4, 0.5) is 0 Å². The molecule has 0 saturated carbocycles. The van der Waals surface area contributed by atoms with Crippen molar-refractivity contribution in [1.29, 1.82) is 0 Å². The molecular formula is C22H24ClN3O. The minimum atomic E-state index is -0.0532. The maximum atomic E-state index is 12.5. The Morgan fingerprint density at radius 3 is 2.89 bits per heavy atom. The summed E-state index contributed by atoms with van der Waals surface area (Å²) >= 11 is 6.02. The van der Waals surface area contributed by atoms with Crippen LogP contribution in [0.25, 0.3) is 10.9 Å². The van der Waals surface area contributed by atoms with E-state index in [9.17, 15) is 4.79 Å². The second kappa shape index (κ2) is 8.15. The molecule has 0 radical (unpaired) electrons. The zero-order valence-electron chi connectivity index (χ0n) is 15.2. The van der Waals surface area contributed by atoms with Gasteiger partial charge in [-0.15, -0.1) is 0 Å². The number of halogens is 1. The molecule has 0 bridgehead atoms. The first-order chi connectivity index (χ1) is 13.2. The lowest BCUT2D eigenvalue weighted by molar-refractivity contribution is 0.0926. The van der Waals surface area contributed by atoms with Gasteiger partial charge in [0.25, 0.3) is 5.91 Å². The minimum Gasteiger partial charge on any atom is -0.350 e. The van der Waals surface area contributed by atoms with Gasteiger partial charge in [0.2, 0.25) is 0 Å². The van der Waals surface area contributed by atoms with E-state index in [1.165, 1.54) is 12.0 Å². The minimum absolute atomic E-state index is 0.0532. The summed E-state index contributed by atoms with van der Waals surface area (Å²) in [6, 6.07) is 18.1. The number of fused-ring (bicyclic) bond motifs is 1. The number of piperidine rings is 1. The van der Waals surface area contributed by atoms with Crippen molar-refractivity contribution >= 4 is 28.4 Å². The average molecular weight is 382 g/mol. The van der Waals surface area contributed by atoms with Crippen LogP contribution in [-0.2, 0) is 6.54 Å². The smallest absolute Gasteiger partial charge is 0.267 e. The van der Waals surface area contributed by atoms with E-state index in [1.54, 1.807) is 0 Å². The number of aromatic amines is 1. The van der Waals surface area contributed by atoms with Crippen molar-refractivity contribution in [3.8, 4) is 0 Å². The molecule has 2 aromatic carbocycles. The molecule has 2 N–H and O–H groups in total. The summed E-state index contributed by atoms with van der Waals surface area (Å²) in [6.45, 7) is 3.84. The van der Waals surface area contributed by atoms with E-state index in [0.29, 0.717) is 23.2 Å². The molecule has 1 saturated heterocycles. The molecule has 1 atom stereocenters. The Hall–Kier alpha value is -2.30. The topological polar surface area (TPSA) is 48.1 Å². The van der Waals surface area contributed by atoms with Gasteiger partial charge in [-0.05, 0) is 49.1 Å². The molecule has 1 unspecified atom stereocenters. The van der Waals surface area contributed by atoms with Crippen molar-refractivity contribution in [1.82, 2.24) is 15.2 Å². The Morgan fingerprint density at radius 1 is 1.19 bits per heavy atom. The molecule has 4 rings (SSSR count). The molecule has 4 nitrogen and oxygen atoms in total. The maximum Gasteiger partial charge on any atom is 0.267 e. The highest BCUT2D eigenvalue weighted by atomic mass is 35.5. The van der Waals surface area contributed by atoms with Crippen LogP contribution in [-0.4, -0.2) is 35.4 Å². The highest BCUT2D eigenvalue weighted by Gasteiger charge is 2.21. The van der Waals surface area contributed by atoms with E-state index >= 15 is 0 Å². The molecule has 1 aliphatic rings. The van der Waals surface area contributed by atoms with Gasteiger partial charge in [0.1, 0.15) is 5.69 Å². The summed E-state index contributed by atoms with van der Waals surface area (Å²) in [5, 5.41) is 4.76. The van der Waals surface area contributed by atoms with E-state index in [4.69, 9.17) is 11.6 Å².